The van der Waals surface area contributed by atoms with Crippen molar-refractivity contribution in [3.05, 3.63) is 322 Å². The van der Waals surface area contributed by atoms with Crippen LogP contribution in [0, 0.1) is 34.9 Å². The molecule has 0 unspecified atom stereocenters. The normalized spacial score (nSPS) is 22.4. The zero-order valence-corrected chi connectivity index (χ0v) is 76.3. The summed E-state index contributed by atoms with van der Waals surface area (Å²) in [4.78, 5) is 49.2. The number of nitrogens with two attached hydrogens (primary N) is 2. The van der Waals surface area contributed by atoms with E-state index in [1.165, 1.54) is 157 Å². The molecule has 12 rings (SSSR count). The van der Waals surface area contributed by atoms with Crippen LogP contribution in [-0.2, 0) is 58.4 Å². The minimum absolute atomic E-state index is 0.00101. The molecule has 0 saturated heterocycles. The Hall–Kier alpha value is -11.3. The fraction of sp³-hybridized carbons (Fsp3) is 0.371. The van der Waals surface area contributed by atoms with Crippen molar-refractivity contribution in [1.29, 1.82) is 0 Å². The van der Waals surface area contributed by atoms with Gasteiger partial charge in [0.05, 0.1) is 71.6 Å². The molecule has 14 N–H and O–H groups in total. The highest BCUT2D eigenvalue weighted by atomic mass is 32.2. The number of halogens is 14. The molecule has 3 aliphatic heterocycles. The molecule has 135 heavy (non-hydrogen) atoms. The Kier molecular flexibility index (Phi) is 40.6. The van der Waals surface area contributed by atoms with Crippen LogP contribution in [0.2, 0.25) is 0 Å². The van der Waals surface area contributed by atoms with Crippen molar-refractivity contribution in [2.24, 2.45) is 26.4 Å². The van der Waals surface area contributed by atoms with Crippen LogP contribution in [0.4, 0.5) is 61.5 Å². The Morgan fingerprint density at radius 2 is 0.748 bits per heavy atom. The molecule has 19 atom stereocenters. The first-order valence-electron chi connectivity index (χ1n) is 41.9. The lowest BCUT2D eigenvalue weighted by Gasteiger charge is -2.38. The second kappa shape index (κ2) is 49.5. The highest BCUT2D eigenvalue weighted by Crippen LogP contribution is 2.44. The lowest BCUT2D eigenvalue weighted by Crippen LogP contribution is -2.58. The van der Waals surface area contributed by atoms with E-state index in [-0.39, 0.29) is 80.7 Å². The maximum Gasteiger partial charge on any atom is 0.283 e. The molecule has 0 radical (unpaired) electrons. The van der Waals surface area contributed by atoms with Crippen LogP contribution >= 0.6 is 12.2 Å². The number of carbonyl (C=O) groups excluding carboxylic acids is 3. The number of carbonyl (C=O) groups is 3. The van der Waals surface area contributed by atoms with Crippen LogP contribution < -0.4 is 26.8 Å². The van der Waals surface area contributed by atoms with Gasteiger partial charge in [0.1, 0.15) is 89.4 Å². The molecule has 38 heteroatoms. The standard InChI is InChI=1S/C20H18F3NO2.C20H19F2NO3.C19H20F2N2O3S.C15H23F2NO3S.C12H13F3N2O.C11H15F2NO2/c1-20(14-9-5-6-10-15(14)22)19(23)17(12-21)26-18(24-20)11-16(25)13-7-3-2-4-8-13;1-20(14-9-5-6-10-15(14)21)19(22)17(12-24)26-18(23-20)11-16(25)13-7-3-2-4-8-13;1-19(16(21)15(25)11-24,13-9-5-6-10-14(13)20)23-18(27)22-17(26)12-7-3-2-4-8-12;1-14(2,3)22(21)18-15(4,13(17)12(20)9-19)10-7-5-6-8-11(10)16;1-12(7-4-2-3-5-8(7)14)10(15)9(6-13)18-11(16)17-12;1-11(14,10(13)9(16)6-15)7-4-2-3-5-8(7)12/h2-10,17,19H,11-12H2,1H3;2-10,17,19,24H,11-12H2,1H3;2-10,15-16,24-25H,11H2,1H3,(H2,22,23,26,27);5-8,12-13,18-20H,9H2,1-4H3;2-5,9-10H,6H2,1H3,(H2,16,17);2-5,9-10,15-16H,6,14H2,1H3/t2*17-,19-,20+;15-,16-,19+;12-,13-,15+,22+;9-,10-,12+;9-,10-,11+/m000000/s1. The number of hydrogen-bond donors (Lipinski definition) is 12. The maximum atomic E-state index is 15.0. The summed E-state index contributed by atoms with van der Waals surface area (Å²) in [6, 6.07) is 58.3. The van der Waals surface area contributed by atoms with Gasteiger partial charge in [-0.3, -0.25) is 19.7 Å². The molecule has 0 spiro atoms. The number of aliphatic hydroxyl groups is 7. The third kappa shape index (κ3) is 27.8. The van der Waals surface area contributed by atoms with Crippen LogP contribution in [0.1, 0.15) is 140 Å². The predicted octanol–water partition coefficient (Wildman–Crippen LogP) is 14.4. The molecule has 0 fully saturated rings. The van der Waals surface area contributed by atoms with E-state index in [0.29, 0.717) is 16.7 Å². The Balaban J connectivity index is 0.000000223. The fourth-order valence-corrected chi connectivity index (χ4v) is 15.7. The number of amides is 1. The molecule has 3 aliphatic rings. The highest BCUT2D eigenvalue weighted by molar-refractivity contribution is 7.84. The zero-order valence-electron chi connectivity index (χ0n) is 74.7. The van der Waals surface area contributed by atoms with Gasteiger partial charge in [-0.1, -0.05) is 188 Å². The fourth-order valence-electron chi connectivity index (χ4n) is 14.4. The van der Waals surface area contributed by atoms with Crippen molar-refractivity contribution in [1.82, 2.24) is 15.4 Å². The molecular formula is C97H108F14N8O14S2. The summed E-state index contributed by atoms with van der Waals surface area (Å²) in [7, 11) is -1.70. The molecule has 22 nitrogen and oxygen atoms in total. The number of aliphatic hydroxyl groups excluding tert-OH is 7. The van der Waals surface area contributed by atoms with Crippen LogP contribution in [0.5, 0.6) is 0 Å². The van der Waals surface area contributed by atoms with Gasteiger partial charge >= 0.3 is 0 Å². The summed E-state index contributed by atoms with van der Waals surface area (Å²) >= 11 is 5.09. The number of aliphatic imine (C=N–C) groups is 3. The van der Waals surface area contributed by atoms with E-state index >= 15 is 0 Å². The topological polar surface area (TPSA) is 363 Å². The molecule has 3 heterocycles. The number of hydrogen-bond acceptors (Lipinski definition) is 20. The minimum Gasteiger partial charge on any atom is -0.472 e. The second-order valence-corrected chi connectivity index (χ2v) is 35.7. The van der Waals surface area contributed by atoms with E-state index in [0.717, 1.165) is 12.1 Å². The number of thiocarbonyl (C=S) groups is 1. The Morgan fingerprint density at radius 1 is 0.444 bits per heavy atom. The van der Waals surface area contributed by atoms with Crippen LogP contribution in [-0.4, -0.2) is 199 Å². The second-order valence-electron chi connectivity index (χ2n) is 33.3. The van der Waals surface area contributed by atoms with Gasteiger partial charge in [-0.15, -0.1) is 0 Å². The van der Waals surface area contributed by atoms with Gasteiger partial charge in [-0.05, 0) is 123 Å². The number of alkyl halides is 8. The first kappa shape index (κ1) is 111. The average molecular weight is 1940 g/mol. The smallest absolute Gasteiger partial charge is 0.283 e. The minimum atomic E-state index is -2.12. The first-order chi connectivity index (χ1) is 63.6. The number of rotatable bonds is 28. The number of nitrogens with zero attached hydrogens (tertiary/aromatic N) is 3. The van der Waals surface area contributed by atoms with E-state index in [2.05, 4.69) is 30.3 Å². The van der Waals surface area contributed by atoms with E-state index in [1.807, 2.05) is 0 Å². The summed E-state index contributed by atoms with van der Waals surface area (Å²) in [6.45, 7) is 7.91. The monoisotopic (exact) mass is 1940 g/mol. The van der Waals surface area contributed by atoms with Crippen LogP contribution in [0.25, 0.3) is 0 Å². The number of nitrogens with one attached hydrogen (secondary N) is 3. The van der Waals surface area contributed by atoms with Crippen molar-refractivity contribution in [2.75, 3.05) is 39.8 Å². The number of amidine groups is 1. The summed E-state index contributed by atoms with van der Waals surface area (Å²) in [5, 5.41) is 69.5. The summed E-state index contributed by atoms with van der Waals surface area (Å²) in [5.41, 5.74) is 2.06. The highest BCUT2D eigenvalue weighted by Gasteiger charge is 2.53. The van der Waals surface area contributed by atoms with Gasteiger partial charge in [-0.25, -0.2) is 85.4 Å². The van der Waals surface area contributed by atoms with E-state index in [4.69, 9.17) is 53.2 Å². The Labute approximate surface area is 779 Å². The van der Waals surface area contributed by atoms with Crippen molar-refractivity contribution in [3.63, 3.8) is 0 Å². The lowest BCUT2D eigenvalue weighted by atomic mass is 9.83. The number of Topliss-reactive ketones (excluding diaryl/α,β-unsaturated/α-hetero) is 2. The molecule has 1 amide bonds. The van der Waals surface area contributed by atoms with Crippen LogP contribution in [0.3, 0.4) is 0 Å². The van der Waals surface area contributed by atoms with Crippen molar-refractivity contribution in [3.8, 4) is 0 Å². The molecule has 0 bridgehead atoms. The number of ether oxygens (including phenoxy) is 3. The van der Waals surface area contributed by atoms with E-state index in [9.17, 15) is 100 Å². The average Bonchev–Trinajstić information content (AvgIpc) is 0.762. The molecule has 730 valence electrons. The predicted molar refractivity (Wildman–Crippen MR) is 487 cm³/mol. The third-order valence-electron chi connectivity index (χ3n) is 22.1. The van der Waals surface area contributed by atoms with E-state index in [1.54, 1.807) is 130 Å². The van der Waals surface area contributed by atoms with Gasteiger partial charge in [0.25, 0.3) is 11.9 Å². The lowest BCUT2D eigenvalue weighted by molar-refractivity contribution is -0.0146. The van der Waals surface area contributed by atoms with Gasteiger partial charge in [0, 0.05) is 50.1 Å². The molecule has 0 aromatic heterocycles. The van der Waals surface area contributed by atoms with Gasteiger partial charge in [0.15, 0.2) is 77.6 Å². The maximum absolute atomic E-state index is 15.0. The number of benzene rings is 9. The first-order valence-corrected chi connectivity index (χ1v) is 43.5. The molecule has 0 saturated carbocycles. The third-order valence-corrected chi connectivity index (χ3v) is 24.0. The molecule has 9 aromatic carbocycles. The summed E-state index contributed by atoms with van der Waals surface area (Å²) in [6.07, 6.45) is -21.2. The molecule has 9 aromatic rings. The van der Waals surface area contributed by atoms with Gasteiger partial charge in [0.2, 0.25) is 0 Å². The van der Waals surface area contributed by atoms with Gasteiger partial charge < -0.3 is 66.7 Å². The van der Waals surface area contributed by atoms with E-state index < -0.39 is 203 Å². The summed E-state index contributed by atoms with van der Waals surface area (Å²) < 4.78 is 227. The molecule has 0 aliphatic carbocycles. The summed E-state index contributed by atoms with van der Waals surface area (Å²) in [5.74, 6) is -5.10. The van der Waals surface area contributed by atoms with Gasteiger partial charge in [-0.2, -0.15) is 0 Å². The molecular weight excluding hydrogens is 1830 g/mol. The van der Waals surface area contributed by atoms with Crippen LogP contribution in [0.15, 0.2) is 252 Å². The van der Waals surface area contributed by atoms with Crippen molar-refractivity contribution < 1.29 is 130 Å². The van der Waals surface area contributed by atoms with Crippen molar-refractivity contribution >= 4 is 63.6 Å². The Bertz CT molecular complexity index is 5390. The van der Waals surface area contributed by atoms with Crippen molar-refractivity contribution in [2.45, 2.75) is 187 Å². The quantitative estimate of drug-likeness (QED) is 0.0123. The SMILES string of the molecule is CC(C)(C)[S@@](=O)N[C@](C)(c1ccccc1F)[C@@H](F)[C@@H](O)CO.C[C@@](N)(c1ccccc1F)[C@@H](F)[C@@H](O)CO.C[C@@](NC(=S)NC(=O)c1ccccc1)(c1ccccc1F)[C@@H](F)[C@@H](O)CO.C[C@]1(c2ccccc2F)N=C(CC(=O)c2ccccc2)O[C@@H](CF)[C@@H]1F.C[C@]1(c2ccccc2F)N=C(CC(=O)c2ccccc2)O[C@@H](CO)[C@@H]1F.C[C@]1(c2ccccc2F)N=C(N)O[C@@H](CF)[C@@H]1F. The Morgan fingerprint density at radius 3 is 1.10 bits per heavy atom. The largest absolute Gasteiger partial charge is 0.472 e. The number of ketones is 2. The zero-order chi connectivity index (χ0) is 100.